The number of rotatable bonds is 3. The highest BCUT2D eigenvalue weighted by atomic mass is 79.9. The molecule has 2 N–H and O–H groups in total. The first kappa shape index (κ1) is 11.2. The topological polar surface area (TPSA) is 39.2 Å². The maximum Gasteiger partial charge on any atom is 0.134 e. The predicted molar refractivity (Wildman–Crippen MR) is 69.9 cm³/mol. The second-order valence-corrected chi connectivity index (χ2v) is 4.26. The highest BCUT2D eigenvalue weighted by Crippen LogP contribution is 2.24. The number of hydrogen-bond acceptors (Lipinski definition) is 2. The minimum Gasteiger partial charge on any atom is -0.457 e. The zero-order valence-electron chi connectivity index (χ0n) is 8.69. The van der Waals surface area contributed by atoms with Crippen LogP contribution in [0.25, 0.3) is 17.4 Å². The van der Waals surface area contributed by atoms with Gasteiger partial charge < -0.3 is 10.2 Å². The van der Waals surface area contributed by atoms with Gasteiger partial charge in [-0.2, -0.15) is 0 Å². The van der Waals surface area contributed by atoms with Crippen molar-refractivity contribution in [2.45, 2.75) is 0 Å². The van der Waals surface area contributed by atoms with Gasteiger partial charge in [-0.1, -0.05) is 34.1 Å². The van der Waals surface area contributed by atoms with Crippen LogP contribution in [0.3, 0.4) is 0 Å². The first-order valence-corrected chi connectivity index (χ1v) is 5.81. The Balaban J connectivity index is 2.24. The number of halogens is 1. The molecular formula is C13H12BrNO. The molecule has 0 aliphatic carbocycles. The molecule has 2 rings (SSSR count). The fourth-order valence-corrected chi connectivity index (χ4v) is 1.66. The molecule has 0 aliphatic heterocycles. The van der Waals surface area contributed by atoms with Crippen LogP contribution in [0.5, 0.6) is 0 Å². The third-order valence-electron chi connectivity index (χ3n) is 2.17. The standard InChI is InChI=1S/C13H12BrNO/c14-11-5-3-10(4-6-11)13-8-7-12(16-13)2-1-9-15/h1-8H,9,15H2. The number of furan rings is 1. The Labute approximate surface area is 103 Å². The Hall–Kier alpha value is -1.32. The van der Waals surface area contributed by atoms with Crippen molar-refractivity contribution >= 4 is 22.0 Å². The fraction of sp³-hybridized carbons (Fsp3) is 0.0769. The van der Waals surface area contributed by atoms with Crippen molar-refractivity contribution in [1.29, 1.82) is 0 Å². The maximum absolute atomic E-state index is 5.65. The van der Waals surface area contributed by atoms with Gasteiger partial charge in [0.15, 0.2) is 0 Å². The summed E-state index contributed by atoms with van der Waals surface area (Å²) in [5.41, 5.74) is 6.44. The summed E-state index contributed by atoms with van der Waals surface area (Å²) >= 11 is 3.40. The minimum atomic E-state index is 0.522. The first-order valence-electron chi connectivity index (χ1n) is 5.02. The summed E-state index contributed by atoms with van der Waals surface area (Å²) in [5, 5.41) is 0. The molecule has 3 heteroatoms. The first-order chi connectivity index (χ1) is 7.79. The van der Waals surface area contributed by atoms with Gasteiger partial charge in [-0.05, 0) is 30.3 Å². The van der Waals surface area contributed by atoms with E-state index in [2.05, 4.69) is 15.9 Å². The largest absolute Gasteiger partial charge is 0.457 e. The van der Waals surface area contributed by atoms with Crippen molar-refractivity contribution in [2.24, 2.45) is 5.73 Å². The maximum atomic E-state index is 5.65. The molecule has 0 radical (unpaired) electrons. The second-order valence-electron chi connectivity index (χ2n) is 3.35. The van der Waals surface area contributed by atoms with Crippen molar-refractivity contribution in [1.82, 2.24) is 0 Å². The Kier molecular flexibility index (Phi) is 3.59. The van der Waals surface area contributed by atoms with E-state index in [0.717, 1.165) is 21.6 Å². The van der Waals surface area contributed by atoms with Crippen LogP contribution in [-0.2, 0) is 0 Å². The molecule has 1 aromatic heterocycles. The van der Waals surface area contributed by atoms with E-state index >= 15 is 0 Å². The predicted octanol–water partition coefficient (Wildman–Crippen LogP) is 3.68. The Morgan fingerprint density at radius 2 is 1.88 bits per heavy atom. The van der Waals surface area contributed by atoms with Gasteiger partial charge in [0, 0.05) is 16.6 Å². The lowest BCUT2D eigenvalue weighted by molar-refractivity contribution is 0.571. The third-order valence-corrected chi connectivity index (χ3v) is 2.70. The van der Waals surface area contributed by atoms with Crippen LogP contribution in [0.15, 0.2) is 51.4 Å². The molecule has 0 aliphatic rings. The molecular weight excluding hydrogens is 266 g/mol. The van der Waals surface area contributed by atoms with Crippen molar-refractivity contribution in [3.05, 3.63) is 52.7 Å². The van der Waals surface area contributed by atoms with Crippen molar-refractivity contribution < 1.29 is 4.42 Å². The van der Waals surface area contributed by atoms with Gasteiger partial charge in [0.1, 0.15) is 11.5 Å². The van der Waals surface area contributed by atoms with Crippen LogP contribution in [0, 0.1) is 0 Å². The van der Waals surface area contributed by atoms with E-state index in [1.807, 2.05) is 48.6 Å². The van der Waals surface area contributed by atoms with Gasteiger partial charge in [-0.15, -0.1) is 0 Å². The smallest absolute Gasteiger partial charge is 0.134 e. The van der Waals surface area contributed by atoms with Crippen LogP contribution in [0.2, 0.25) is 0 Å². The molecule has 0 atom stereocenters. The van der Waals surface area contributed by atoms with Crippen LogP contribution >= 0.6 is 15.9 Å². The van der Waals surface area contributed by atoms with Crippen molar-refractivity contribution in [3.8, 4) is 11.3 Å². The number of benzene rings is 1. The van der Waals surface area contributed by atoms with Gasteiger partial charge in [-0.3, -0.25) is 0 Å². The molecule has 0 fully saturated rings. The normalized spacial score (nSPS) is 11.1. The van der Waals surface area contributed by atoms with E-state index in [-0.39, 0.29) is 0 Å². The van der Waals surface area contributed by atoms with Crippen LogP contribution in [-0.4, -0.2) is 6.54 Å². The zero-order valence-corrected chi connectivity index (χ0v) is 10.3. The van der Waals surface area contributed by atoms with E-state index in [0.29, 0.717) is 6.54 Å². The molecule has 2 aromatic rings. The van der Waals surface area contributed by atoms with Gasteiger partial charge in [0.25, 0.3) is 0 Å². The van der Waals surface area contributed by atoms with Crippen LogP contribution < -0.4 is 5.73 Å². The van der Waals surface area contributed by atoms with Gasteiger partial charge in [0.05, 0.1) is 0 Å². The Bertz CT molecular complexity index is 485. The van der Waals surface area contributed by atoms with E-state index in [9.17, 15) is 0 Å². The Morgan fingerprint density at radius 3 is 2.56 bits per heavy atom. The molecule has 82 valence electrons. The van der Waals surface area contributed by atoms with Gasteiger partial charge in [-0.25, -0.2) is 0 Å². The molecule has 0 spiro atoms. The summed E-state index contributed by atoms with van der Waals surface area (Å²) in [6.07, 6.45) is 3.74. The molecule has 1 aromatic carbocycles. The lowest BCUT2D eigenvalue weighted by Crippen LogP contribution is -1.91. The summed E-state index contributed by atoms with van der Waals surface area (Å²) in [7, 11) is 0. The number of hydrogen-bond donors (Lipinski definition) is 1. The van der Waals surface area contributed by atoms with Crippen molar-refractivity contribution in [2.75, 3.05) is 6.54 Å². The average molecular weight is 278 g/mol. The summed E-state index contributed by atoms with van der Waals surface area (Å²) in [5.74, 6) is 1.69. The molecule has 2 nitrogen and oxygen atoms in total. The average Bonchev–Trinajstić information content (AvgIpc) is 2.76. The minimum absolute atomic E-state index is 0.522. The number of nitrogens with two attached hydrogens (primary N) is 1. The lowest BCUT2D eigenvalue weighted by atomic mass is 10.2. The monoisotopic (exact) mass is 277 g/mol. The molecule has 16 heavy (non-hydrogen) atoms. The Morgan fingerprint density at radius 1 is 1.12 bits per heavy atom. The second kappa shape index (κ2) is 5.14. The summed E-state index contributed by atoms with van der Waals surface area (Å²) in [6.45, 7) is 0.522. The highest BCUT2D eigenvalue weighted by molar-refractivity contribution is 9.10. The molecule has 1 heterocycles. The highest BCUT2D eigenvalue weighted by Gasteiger charge is 2.02. The van der Waals surface area contributed by atoms with Gasteiger partial charge in [0.2, 0.25) is 0 Å². The fourth-order valence-electron chi connectivity index (χ4n) is 1.40. The summed E-state index contributed by atoms with van der Waals surface area (Å²) in [4.78, 5) is 0. The van der Waals surface area contributed by atoms with Crippen molar-refractivity contribution in [3.63, 3.8) is 0 Å². The van der Waals surface area contributed by atoms with E-state index < -0.39 is 0 Å². The summed E-state index contributed by atoms with van der Waals surface area (Å²) in [6, 6.07) is 11.9. The molecule has 0 amide bonds. The zero-order chi connectivity index (χ0) is 11.4. The quantitative estimate of drug-likeness (QED) is 0.930. The van der Waals surface area contributed by atoms with Crippen LogP contribution in [0.4, 0.5) is 0 Å². The third kappa shape index (κ3) is 2.62. The van der Waals surface area contributed by atoms with E-state index in [1.165, 1.54) is 0 Å². The lowest BCUT2D eigenvalue weighted by Gasteiger charge is -1.96. The molecule has 0 saturated heterocycles. The van der Waals surface area contributed by atoms with Gasteiger partial charge >= 0.3 is 0 Å². The van der Waals surface area contributed by atoms with E-state index in [4.69, 9.17) is 10.2 Å². The van der Waals surface area contributed by atoms with E-state index in [1.54, 1.807) is 0 Å². The summed E-state index contributed by atoms with van der Waals surface area (Å²) < 4.78 is 6.72. The SMILES string of the molecule is NCC=Cc1ccc(-c2ccc(Br)cc2)o1. The van der Waals surface area contributed by atoms with Crippen LogP contribution in [0.1, 0.15) is 5.76 Å². The molecule has 0 saturated carbocycles. The molecule has 0 bridgehead atoms. The molecule has 0 unspecified atom stereocenters.